The van der Waals surface area contributed by atoms with E-state index in [4.69, 9.17) is 5.73 Å². The molecule has 2 N–H and O–H groups in total. The Bertz CT molecular complexity index is 607. The number of carbonyl (C=O) groups excluding carboxylic acids is 1. The average Bonchev–Trinajstić information content (AvgIpc) is 3.00. The Balaban J connectivity index is 1.85. The van der Waals surface area contributed by atoms with Crippen molar-refractivity contribution in [2.24, 2.45) is 17.6 Å². The number of rotatable bonds is 2. The maximum atomic E-state index is 13.1. The highest BCUT2D eigenvalue weighted by Gasteiger charge is 2.43. The van der Waals surface area contributed by atoms with Crippen molar-refractivity contribution < 1.29 is 14.1 Å². The second-order valence-electron chi connectivity index (χ2n) is 5.79. The molecule has 21 heavy (non-hydrogen) atoms. The van der Waals surface area contributed by atoms with Gasteiger partial charge in [0, 0.05) is 19.1 Å². The quantitative estimate of drug-likeness (QED) is 0.661. The number of likely N-dealkylation sites (tertiary alicyclic amines) is 1. The van der Waals surface area contributed by atoms with Gasteiger partial charge in [-0.3, -0.25) is 14.9 Å². The molecule has 0 spiro atoms. The fourth-order valence-electron chi connectivity index (χ4n) is 3.48. The van der Waals surface area contributed by atoms with Crippen LogP contribution in [0.3, 0.4) is 0 Å². The van der Waals surface area contributed by atoms with E-state index in [0.29, 0.717) is 19.0 Å². The topological polar surface area (TPSA) is 89.5 Å². The molecule has 1 aliphatic heterocycles. The molecule has 1 aromatic rings. The fraction of sp³-hybridized carbons (Fsp3) is 0.500. The lowest BCUT2D eigenvalue weighted by molar-refractivity contribution is -0.385. The van der Waals surface area contributed by atoms with Gasteiger partial charge in [0.05, 0.1) is 11.0 Å². The van der Waals surface area contributed by atoms with Crippen molar-refractivity contribution in [1.82, 2.24) is 4.90 Å². The van der Waals surface area contributed by atoms with E-state index in [-0.39, 0.29) is 17.5 Å². The largest absolute Gasteiger partial charge is 0.338 e. The molecule has 1 amide bonds. The molecule has 1 aromatic carbocycles. The van der Waals surface area contributed by atoms with Crippen LogP contribution in [0.15, 0.2) is 18.2 Å². The summed E-state index contributed by atoms with van der Waals surface area (Å²) in [5.74, 6) is -0.487. The van der Waals surface area contributed by atoms with Crippen LogP contribution in [-0.2, 0) is 0 Å². The monoisotopic (exact) mass is 293 g/mol. The summed E-state index contributed by atoms with van der Waals surface area (Å²) in [5.41, 5.74) is 5.48. The minimum absolute atomic E-state index is 0.0602. The molecule has 2 fully saturated rings. The molecule has 0 radical (unpaired) electrons. The summed E-state index contributed by atoms with van der Waals surface area (Å²) in [5, 5.41) is 11.0. The summed E-state index contributed by atoms with van der Waals surface area (Å²) in [4.78, 5) is 24.4. The van der Waals surface area contributed by atoms with Crippen LogP contribution in [0.5, 0.6) is 0 Å². The van der Waals surface area contributed by atoms with Crippen molar-refractivity contribution in [1.29, 1.82) is 0 Å². The van der Waals surface area contributed by atoms with Gasteiger partial charge in [0.2, 0.25) is 0 Å². The van der Waals surface area contributed by atoms with Crippen LogP contribution in [0.1, 0.15) is 23.2 Å². The van der Waals surface area contributed by atoms with Gasteiger partial charge in [0.25, 0.3) is 11.6 Å². The molecule has 2 aliphatic rings. The third-order valence-electron chi connectivity index (χ3n) is 4.59. The molecule has 0 bridgehead atoms. The highest BCUT2D eigenvalue weighted by Crippen LogP contribution is 2.38. The second kappa shape index (κ2) is 5.07. The first-order valence-corrected chi connectivity index (χ1v) is 6.96. The van der Waals surface area contributed by atoms with Gasteiger partial charge in [0.1, 0.15) is 11.4 Å². The molecule has 0 aromatic heterocycles. The van der Waals surface area contributed by atoms with Gasteiger partial charge in [-0.05, 0) is 36.8 Å². The Kier molecular flexibility index (Phi) is 3.36. The van der Waals surface area contributed by atoms with Gasteiger partial charge in [-0.2, -0.15) is 0 Å². The maximum Gasteiger partial charge on any atom is 0.285 e. The maximum absolute atomic E-state index is 13.1. The van der Waals surface area contributed by atoms with Crippen molar-refractivity contribution in [3.05, 3.63) is 39.7 Å². The first-order chi connectivity index (χ1) is 9.97. The van der Waals surface area contributed by atoms with Crippen molar-refractivity contribution in [3.8, 4) is 0 Å². The summed E-state index contributed by atoms with van der Waals surface area (Å²) in [6.07, 6.45) is 1.95. The van der Waals surface area contributed by atoms with E-state index < -0.39 is 22.3 Å². The number of nitro benzene ring substituents is 1. The molecule has 1 aliphatic carbocycles. The second-order valence-corrected chi connectivity index (χ2v) is 5.79. The molecule has 7 heteroatoms. The Morgan fingerprint density at radius 3 is 2.81 bits per heavy atom. The zero-order valence-electron chi connectivity index (χ0n) is 11.4. The van der Waals surface area contributed by atoms with E-state index in [1.807, 2.05) is 0 Å². The first-order valence-electron chi connectivity index (χ1n) is 6.96. The van der Waals surface area contributed by atoms with E-state index in [0.717, 1.165) is 25.0 Å². The molecular weight excluding hydrogens is 277 g/mol. The number of nitro groups is 1. The number of halogens is 1. The van der Waals surface area contributed by atoms with E-state index in [1.54, 1.807) is 4.90 Å². The van der Waals surface area contributed by atoms with Gasteiger partial charge in [-0.25, -0.2) is 4.39 Å². The van der Waals surface area contributed by atoms with E-state index in [1.165, 1.54) is 6.07 Å². The van der Waals surface area contributed by atoms with Gasteiger partial charge in [-0.15, -0.1) is 0 Å². The average molecular weight is 293 g/mol. The highest BCUT2D eigenvalue weighted by atomic mass is 19.1. The number of fused-ring (bicyclic) bond motifs is 1. The normalized spacial score (nSPS) is 27.7. The molecular formula is C14H16FN3O3. The van der Waals surface area contributed by atoms with Gasteiger partial charge >= 0.3 is 0 Å². The van der Waals surface area contributed by atoms with Gasteiger partial charge < -0.3 is 10.6 Å². The summed E-state index contributed by atoms with van der Waals surface area (Å²) in [6.45, 7) is 1.10. The molecule has 1 heterocycles. The van der Waals surface area contributed by atoms with Gasteiger partial charge in [-0.1, -0.05) is 0 Å². The number of nitrogens with zero attached hydrogens (tertiary/aromatic N) is 2. The minimum atomic E-state index is -0.724. The third-order valence-corrected chi connectivity index (χ3v) is 4.59. The number of benzene rings is 1. The molecule has 1 saturated heterocycles. The highest BCUT2D eigenvalue weighted by molar-refractivity contribution is 5.98. The smallest absolute Gasteiger partial charge is 0.285 e. The third kappa shape index (κ3) is 2.37. The lowest BCUT2D eigenvalue weighted by atomic mass is 9.98. The Morgan fingerprint density at radius 2 is 2.14 bits per heavy atom. The van der Waals surface area contributed by atoms with E-state index >= 15 is 0 Å². The van der Waals surface area contributed by atoms with E-state index in [9.17, 15) is 19.3 Å². The van der Waals surface area contributed by atoms with Crippen molar-refractivity contribution >= 4 is 11.6 Å². The molecule has 112 valence electrons. The molecule has 6 nitrogen and oxygen atoms in total. The van der Waals surface area contributed by atoms with Crippen molar-refractivity contribution in [3.63, 3.8) is 0 Å². The first kappa shape index (κ1) is 13.9. The Labute approximate surface area is 120 Å². The molecule has 3 atom stereocenters. The van der Waals surface area contributed by atoms with E-state index in [2.05, 4.69) is 0 Å². The summed E-state index contributed by atoms with van der Waals surface area (Å²) >= 11 is 0. The van der Waals surface area contributed by atoms with Crippen LogP contribution in [0.2, 0.25) is 0 Å². The lowest BCUT2D eigenvalue weighted by Gasteiger charge is -2.18. The Hall–Kier alpha value is -2.02. The number of hydrogen-bond donors (Lipinski definition) is 1. The predicted octanol–water partition coefficient (Wildman–Crippen LogP) is 1.54. The predicted molar refractivity (Wildman–Crippen MR) is 73.1 cm³/mol. The Morgan fingerprint density at radius 1 is 1.38 bits per heavy atom. The number of nitrogens with two attached hydrogens (primary N) is 1. The van der Waals surface area contributed by atoms with Crippen molar-refractivity contribution in [2.75, 3.05) is 13.1 Å². The van der Waals surface area contributed by atoms with Crippen LogP contribution in [0.25, 0.3) is 0 Å². The zero-order valence-corrected chi connectivity index (χ0v) is 11.4. The van der Waals surface area contributed by atoms with Crippen LogP contribution in [0, 0.1) is 27.8 Å². The molecule has 1 saturated carbocycles. The summed E-state index contributed by atoms with van der Waals surface area (Å²) in [7, 11) is 0. The lowest BCUT2D eigenvalue weighted by Crippen LogP contribution is -2.33. The number of amides is 1. The standard InChI is InChI=1S/C14H16FN3O3/c15-9-2-3-10(13(5-9)18(20)21)14(19)17-6-8-1-4-12(16)11(8)7-17/h2-3,5,8,11-12H,1,4,6-7,16H2/t8-,11+,12-/m1/s1. The number of hydrogen-bond acceptors (Lipinski definition) is 4. The molecule has 3 rings (SSSR count). The summed E-state index contributed by atoms with van der Waals surface area (Å²) in [6, 6.07) is 3.14. The fourth-order valence-corrected chi connectivity index (χ4v) is 3.48. The van der Waals surface area contributed by atoms with Crippen LogP contribution < -0.4 is 5.73 Å². The SMILES string of the molecule is N[C@@H]1CC[C@@H]2CN(C(=O)c3ccc(F)cc3[N+](=O)[O-])C[C@@H]21. The minimum Gasteiger partial charge on any atom is -0.338 e. The van der Waals surface area contributed by atoms with Gasteiger partial charge in [0.15, 0.2) is 0 Å². The molecule has 0 unspecified atom stereocenters. The summed E-state index contributed by atoms with van der Waals surface area (Å²) < 4.78 is 13.1. The van der Waals surface area contributed by atoms with Crippen LogP contribution in [-0.4, -0.2) is 34.9 Å². The van der Waals surface area contributed by atoms with Crippen LogP contribution in [0.4, 0.5) is 10.1 Å². The van der Waals surface area contributed by atoms with Crippen molar-refractivity contribution in [2.45, 2.75) is 18.9 Å². The van der Waals surface area contributed by atoms with Crippen LogP contribution >= 0.6 is 0 Å². The number of carbonyl (C=O) groups is 1. The zero-order chi connectivity index (χ0) is 15.1.